The van der Waals surface area contributed by atoms with Crippen LogP contribution in [0.3, 0.4) is 0 Å². The molecule has 0 saturated carbocycles. The van der Waals surface area contributed by atoms with Gasteiger partial charge in [-0.3, -0.25) is 14.5 Å². The van der Waals surface area contributed by atoms with Gasteiger partial charge in [-0.1, -0.05) is 41.4 Å². The van der Waals surface area contributed by atoms with Crippen molar-refractivity contribution in [2.24, 2.45) is 0 Å². The van der Waals surface area contributed by atoms with Gasteiger partial charge in [-0.05, 0) is 62.2 Å². The summed E-state index contributed by atoms with van der Waals surface area (Å²) in [5, 5.41) is 5.42. The maximum atomic E-state index is 14.0. The third kappa shape index (κ3) is 5.71. The predicted octanol–water partition coefficient (Wildman–Crippen LogP) is 6.31. The number of amides is 2. The lowest BCUT2D eigenvalue weighted by molar-refractivity contribution is -0.130. The Morgan fingerprint density at radius 1 is 1.00 bits per heavy atom. The number of rotatable bonds is 7. The smallest absolute Gasteiger partial charge is 0.242 e. The van der Waals surface area contributed by atoms with Crippen molar-refractivity contribution >= 4 is 41.0 Å². The number of ether oxygens (including phenoxy) is 2. The summed E-state index contributed by atoms with van der Waals surface area (Å²) >= 11 is 7.78. The van der Waals surface area contributed by atoms with E-state index in [0.29, 0.717) is 41.1 Å². The van der Waals surface area contributed by atoms with Crippen molar-refractivity contribution in [3.63, 3.8) is 0 Å². The summed E-state index contributed by atoms with van der Waals surface area (Å²) in [5.74, 6) is 1.87. The minimum Gasteiger partial charge on any atom is -0.497 e. The van der Waals surface area contributed by atoms with Gasteiger partial charge >= 0.3 is 0 Å². The molecule has 6 rings (SSSR count). The van der Waals surface area contributed by atoms with E-state index in [4.69, 9.17) is 26.2 Å². The summed E-state index contributed by atoms with van der Waals surface area (Å²) < 4.78 is 13.2. The SMILES string of the molecule is COc1ccc(OC)c(C2SCC(=O)N(CC(=O)N3CCCC3)c3c2c(-c2ccc(Cl)cc2)nn3-c2ccc(C)cc2)c1. The summed E-state index contributed by atoms with van der Waals surface area (Å²) in [7, 11) is 3.26. The molecule has 3 aromatic carbocycles. The fourth-order valence-corrected chi connectivity index (χ4v) is 7.04. The Kier molecular flexibility index (Phi) is 8.36. The lowest BCUT2D eigenvalue weighted by Gasteiger charge is -2.26. The van der Waals surface area contributed by atoms with Crippen LogP contribution in [0.1, 0.15) is 34.8 Å². The molecule has 1 saturated heterocycles. The first kappa shape index (κ1) is 29.1. The summed E-state index contributed by atoms with van der Waals surface area (Å²) in [5.41, 5.74) is 5.11. The van der Waals surface area contributed by atoms with Gasteiger partial charge in [0.05, 0.1) is 36.6 Å². The van der Waals surface area contributed by atoms with Crippen LogP contribution in [0.4, 0.5) is 5.82 Å². The summed E-state index contributed by atoms with van der Waals surface area (Å²) in [4.78, 5) is 31.1. The van der Waals surface area contributed by atoms with Gasteiger partial charge in [0, 0.05) is 34.8 Å². The molecule has 2 aliphatic rings. The Hall–Kier alpha value is -3.95. The molecule has 222 valence electrons. The average Bonchev–Trinajstić information content (AvgIpc) is 3.67. The van der Waals surface area contributed by atoms with Crippen LogP contribution in [0.15, 0.2) is 66.7 Å². The van der Waals surface area contributed by atoms with Crippen molar-refractivity contribution in [1.82, 2.24) is 14.7 Å². The highest BCUT2D eigenvalue weighted by Crippen LogP contribution is 2.51. The highest BCUT2D eigenvalue weighted by Gasteiger charge is 2.39. The van der Waals surface area contributed by atoms with Crippen molar-refractivity contribution in [3.8, 4) is 28.4 Å². The Morgan fingerprint density at radius 2 is 1.72 bits per heavy atom. The highest BCUT2D eigenvalue weighted by molar-refractivity contribution is 8.00. The number of fused-ring (bicyclic) bond motifs is 1. The molecule has 0 aliphatic carbocycles. The first-order chi connectivity index (χ1) is 20.9. The zero-order valence-corrected chi connectivity index (χ0v) is 26.0. The number of likely N-dealkylation sites (tertiary alicyclic amines) is 1. The number of hydrogen-bond acceptors (Lipinski definition) is 6. The quantitative estimate of drug-likeness (QED) is 0.242. The van der Waals surface area contributed by atoms with E-state index in [0.717, 1.165) is 40.8 Å². The maximum absolute atomic E-state index is 14.0. The molecule has 1 aromatic heterocycles. The molecule has 2 aliphatic heterocycles. The topological polar surface area (TPSA) is 76.9 Å². The van der Waals surface area contributed by atoms with Gasteiger partial charge < -0.3 is 14.4 Å². The second kappa shape index (κ2) is 12.3. The molecule has 0 radical (unpaired) electrons. The van der Waals surface area contributed by atoms with Crippen LogP contribution in [-0.4, -0.2) is 66.1 Å². The van der Waals surface area contributed by atoms with Gasteiger partial charge in [-0.25, -0.2) is 4.68 Å². The number of thioether (sulfide) groups is 1. The van der Waals surface area contributed by atoms with E-state index >= 15 is 0 Å². The fourth-order valence-electron chi connectivity index (χ4n) is 5.70. The molecule has 4 aromatic rings. The van der Waals surface area contributed by atoms with Crippen LogP contribution < -0.4 is 14.4 Å². The largest absolute Gasteiger partial charge is 0.497 e. The number of nitrogens with zero attached hydrogens (tertiary/aromatic N) is 4. The second-order valence-electron chi connectivity index (χ2n) is 10.7. The zero-order valence-electron chi connectivity index (χ0n) is 24.4. The van der Waals surface area contributed by atoms with Crippen molar-refractivity contribution < 1.29 is 19.1 Å². The van der Waals surface area contributed by atoms with E-state index in [2.05, 4.69) is 0 Å². The second-order valence-corrected chi connectivity index (χ2v) is 12.2. The highest BCUT2D eigenvalue weighted by atomic mass is 35.5. The number of anilines is 1. The van der Waals surface area contributed by atoms with Gasteiger partial charge in [-0.15, -0.1) is 11.8 Å². The normalized spacial score (nSPS) is 16.7. The Labute approximate surface area is 260 Å². The predicted molar refractivity (Wildman–Crippen MR) is 171 cm³/mol. The molecule has 0 spiro atoms. The third-order valence-corrected chi connectivity index (χ3v) is 9.45. The first-order valence-corrected chi connectivity index (χ1v) is 15.7. The van der Waals surface area contributed by atoms with Crippen LogP contribution >= 0.6 is 23.4 Å². The molecular formula is C33H33ClN4O4S. The number of aryl methyl sites for hydroxylation is 1. The van der Waals surface area contributed by atoms with Crippen molar-refractivity contribution in [3.05, 3.63) is 88.4 Å². The Balaban J connectivity index is 1.63. The minimum absolute atomic E-state index is 0.0635. The van der Waals surface area contributed by atoms with E-state index < -0.39 is 0 Å². The Morgan fingerprint density at radius 3 is 2.40 bits per heavy atom. The molecule has 43 heavy (non-hydrogen) atoms. The van der Waals surface area contributed by atoms with E-state index in [-0.39, 0.29) is 29.4 Å². The first-order valence-electron chi connectivity index (χ1n) is 14.3. The average molecular weight is 617 g/mol. The minimum atomic E-state index is -0.360. The van der Waals surface area contributed by atoms with Gasteiger partial charge in [0.25, 0.3) is 0 Å². The molecular weight excluding hydrogens is 584 g/mol. The number of aromatic nitrogens is 2. The lowest BCUT2D eigenvalue weighted by atomic mass is 9.98. The standard InChI is InChI=1S/C33H33ClN4O4S/c1-21-6-12-24(13-7-21)38-33-30(31(35-38)22-8-10-23(34)11-9-22)32(26-18-25(41-2)14-15-27(26)42-3)43-20-29(40)37(33)19-28(39)36-16-4-5-17-36/h6-15,18,32H,4-5,16-17,19-20H2,1-3H3. The monoisotopic (exact) mass is 616 g/mol. The number of methoxy groups -OCH3 is 2. The van der Waals surface area contributed by atoms with Crippen molar-refractivity contribution in [2.75, 3.05) is 44.5 Å². The van der Waals surface area contributed by atoms with Crippen LogP contribution in [0.25, 0.3) is 16.9 Å². The summed E-state index contributed by atoms with van der Waals surface area (Å²) in [6.07, 6.45) is 1.95. The fraction of sp³-hybridized carbons (Fsp3) is 0.303. The van der Waals surface area contributed by atoms with Crippen LogP contribution in [0.5, 0.6) is 11.5 Å². The molecule has 2 amide bonds. The summed E-state index contributed by atoms with van der Waals surface area (Å²) in [6, 6.07) is 21.2. The number of hydrogen-bond donors (Lipinski definition) is 0. The number of carbonyl (C=O) groups is 2. The molecule has 0 bridgehead atoms. The number of benzene rings is 3. The lowest BCUT2D eigenvalue weighted by Crippen LogP contribution is -2.43. The zero-order chi connectivity index (χ0) is 30.1. The van der Waals surface area contributed by atoms with Gasteiger partial charge in [-0.2, -0.15) is 5.10 Å². The van der Waals surface area contributed by atoms with E-state index in [9.17, 15) is 9.59 Å². The van der Waals surface area contributed by atoms with E-state index in [1.165, 1.54) is 11.8 Å². The third-order valence-electron chi connectivity index (χ3n) is 7.96. The van der Waals surface area contributed by atoms with Crippen LogP contribution in [0, 0.1) is 6.92 Å². The molecule has 1 fully saturated rings. The molecule has 8 nitrogen and oxygen atoms in total. The van der Waals surface area contributed by atoms with Gasteiger partial charge in [0.2, 0.25) is 11.8 Å². The number of halogens is 1. The van der Waals surface area contributed by atoms with Gasteiger partial charge in [0.1, 0.15) is 23.9 Å². The maximum Gasteiger partial charge on any atom is 0.242 e. The molecule has 3 heterocycles. The molecule has 1 atom stereocenters. The van der Waals surface area contributed by atoms with E-state index in [1.807, 2.05) is 78.6 Å². The Bertz CT molecular complexity index is 1650. The number of carbonyl (C=O) groups excluding carboxylic acids is 2. The molecule has 10 heteroatoms. The summed E-state index contributed by atoms with van der Waals surface area (Å²) in [6.45, 7) is 3.38. The van der Waals surface area contributed by atoms with Gasteiger partial charge in [0.15, 0.2) is 0 Å². The molecule has 0 N–H and O–H groups in total. The van der Waals surface area contributed by atoms with Crippen molar-refractivity contribution in [1.29, 1.82) is 0 Å². The van der Waals surface area contributed by atoms with E-state index in [1.54, 1.807) is 23.8 Å². The van der Waals surface area contributed by atoms with Crippen molar-refractivity contribution in [2.45, 2.75) is 25.0 Å². The molecule has 1 unspecified atom stereocenters. The van der Waals surface area contributed by atoms with Crippen LogP contribution in [0.2, 0.25) is 5.02 Å². The van der Waals surface area contributed by atoms with Crippen LogP contribution in [-0.2, 0) is 9.59 Å².